The van der Waals surface area contributed by atoms with Gasteiger partial charge in [0.2, 0.25) is 5.91 Å². The summed E-state index contributed by atoms with van der Waals surface area (Å²) in [5.41, 5.74) is 6.31. The van der Waals surface area contributed by atoms with E-state index in [2.05, 4.69) is 15.6 Å². The van der Waals surface area contributed by atoms with Gasteiger partial charge >= 0.3 is 0 Å². The van der Waals surface area contributed by atoms with Crippen molar-refractivity contribution in [3.05, 3.63) is 30.1 Å². The minimum Gasteiger partial charge on any atom is -0.506 e. The lowest BCUT2D eigenvalue weighted by molar-refractivity contribution is -0.116. The van der Waals surface area contributed by atoms with E-state index in [1.54, 1.807) is 18.3 Å². The zero-order chi connectivity index (χ0) is 14.5. The van der Waals surface area contributed by atoms with Gasteiger partial charge in [0.05, 0.1) is 24.7 Å². The minimum absolute atomic E-state index is 0.0154. The van der Waals surface area contributed by atoms with Gasteiger partial charge in [-0.25, -0.2) is 4.68 Å². The Kier molecular flexibility index (Phi) is 4.16. The number of rotatable bonds is 5. The number of phenolic OH excluding ortho intramolecular Hbond substituents is 1. The molecule has 1 aromatic heterocycles. The molecular weight excluding hydrogens is 262 g/mol. The van der Waals surface area contributed by atoms with E-state index in [4.69, 9.17) is 10.5 Å². The highest BCUT2D eigenvalue weighted by atomic mass is 16.5. The van der Waals surface area contributed by atoms with E-state index in [1.807, 2.05) is 0 Å². The lowest BCUT2D eigenvalue weighted by atomic mass is 10.2. The Morgan fingerprint density at radius 2 is 2.35 bits per heavy atom. The molecule has 1 amide bonds. The van der Waals surface area contributed by atoms with Crippen LogP contribution in [0.4, 0.5) is 5.69 Å². The number of benzene rings is 1. The van der Waals surface area contributed by atoms with Crippen LogP contribution in [-0.4, -0.2) is 33.1 Å². The van der Waals surface area contributed by atoms with Crippen LogP contribution in [0, 0.1) is 0 Å². The summed E-state index contributed by atoms with van der Waals surface area (Å²) in [6.07, 6.45) is 1.59. The molecule has 0 aliphatic rings. The van der Waals surface area contributed by atoms with Crippen LogP contribution < -0.4 is 15.8 Å². The lowest BCUT2D eigenvalue weighted by Crippen LogP contribution is -2.19. The highest BCUT2D eigenvalue weighted by Crippen LogP contribution is 2.27. The Labute approximate surface area is 115 Å². The summed E-state index contributed by atoms with van der Waals surface area (Å²) in [5.74, 6) is 0.0993. The van der Waals surface area contributed by atoms with Crippen molar-refractivity contribution >= 4 is 11.6 Å². The van der Waals surface area contributed by atoms with Crippen LogP contribution in [0.5, 0.6) is 11.5 Å². The molecule has 4 N–H and O–H groups in total. The largest absolute Gasteiger partial charge is 0.506 e. The smallest absolute Gasteiger partial charge is 0.246 e. The Bertz CT molecular complexity index is 611. The van der Waals surface area contributed by atoms with Gasteiger partial charge in [-0.05, 0) is 12.1 Å². The molecule has 0 aliphatic carbocycles. The molecule has 8 nitrogen and oxygen atoms in total. The first-order valence-corrected chi connectivity index (χ1v) is 5.88. The number of carbonyl (C=O) groups excluding carboxylic acids is 1. The van der Waals surface area contributed by atoms with Crippen molar-refractivity contribution in [2.45, 2.75) is 13.1 Å². The molecule has 20 heavy (non-hydrogen) atoms. The van der Waals surface area contributed by atoms with Gasteiger partial charge in [-0.15, -0.1) is 5.10 Å². The Morgan fingerprint density at radius 3 is 2.95 bits per heavy atom. The SMILES string of the molecule is COc1ccc(NC(=O)Cn2cc(CN)nn2)c(O)c1. The van der Waals surface area contributed by atoms with Crippen LogP contribution in [0.2, 0.25) is 0 Å². The van der Waals surface area contributed by atoms with Gasteiger partial charge in [-0.3, -0.25) is 4.79 Å². The van der Waals surface area contributed by atoms with Crippen molar-refractivity contribution < 1.29 is 14.6 Å². The normalized spacial score (nSPS) is 10.3. The van der Waals surface area contributed by atoms with Gasteiger partial charge in [0.15, 0.2) is 0 Å². The van der Waals surface area contributed by atoms with Gasteiger partial charge < -0.3 is 20.9 Å². The first-order valence-electron chi connectivity index (χ1n) is 5.88. The average Bonchev–Trinajstić information content (AvgIpc) is 2.88. The maximum absolute atomic E-state index is 11.8. The molecule has 1 aromatic carbocycles. The summed E-state index contributed by atoms with van der Waals surface area (Å²) < 4.78 is 6.33. The molecule has 2 aromatic rings. The summed E-state index contributed by atoms with van der Waals surface area (Å²) >= 11 is 0. The number of methoxy groups -OCH3 is 1. The van der Waals surface area contributed by atoms with Crippen LogP contribution in [-0.2, 0) is 17.9 Å². The third kappa shape index (κ3) is 3.23. The first kappa shape index (κ1) is 13.8. The molecule has 0 unspecified atom stereocenters. The van der Waals surface area contributed by atoms with Gasteiger partial charge in [-0.2, -0.15) is 0 Å². The van der Waals surface area contributed by atoms with E-state index >= 15 is 0 Å². The zero-order valence-corrected chi connectivity index (χ0v) is 10.9. The molecule has 0 saturated carbocycles. The third-order valence-corrected chi connectivity index (χ3v) is 2.58. The summed E-state index contributed by atoms with van der Waals surface area (Å²) in [6, 6.07) is 4.60. The fourth-order valence-corrected chi connectivity index (χ4v) is 1.59. The second-order valence-corrected chi connectivity index (χ2v) is 4.04. The molecule has 0 atom stereocenters. The molecule has 0 aliphatic heterocycles. The number of aromatic nitrogens is 3. The van der Waals surface area contributed by atoms with Crippen LogP contribution >= 0.6 is 0 Å². The van der Waals surface area contributed by atoms with E-state index < -0.39 is 0 Å². The van der Waals surface area contributed by atoms with Crippen LogP contribution in [0.15, 0.2) is 24.4 Å². The average molecular weight is 277 g/mol. The molecule has 0 saturated heterocycles. The van der Waals surface area contributed by atoms with Crippen molar-refractivity contribution in [1.29, 1.82) is 0 Å². The number of nitrogens with one attached hydrogen (secondary N) is 1. The van der Waals surface area contributed by atoms with Crippen LogP contribution in [0.25, 0.3) is 0 Å². The minimum atomic E-state index is -0.334. The van der Waals surface area contributed by atoms with Crippen molar-refractivity contribution in [3.8, 4) is 11.5 Å². The summed E-state index contributed by atoms with van der Waals surface area (Å²) in [7, 11) is 1.49. The van der Waals surface area contributed by atoms with Gasteiger partial charge in [0, 0.05) is 12.6 Å². The highest BCUT2D eigenvalue weighted by Gasteiger charge is 2.09. The molecule has 0 fully saturated rings. The monoisotopic (exact) mass is 277 g/mol. The second kappa shape index (κ2) is 6.02. The number of ether oxygens (including phenoxy) is 1. The van der Waals surface area contributed by atoms with Gasteiger partial charge in [-0.1, -0.05) is 5.21 Å². The first-order chi connectivity index (χ1) is 9.62. The molecule has 0 spiro atoms. The van der Waals surface area contributed by atoms with Crippen molar-refractivity contribution in [3.63, 3.8) is 0 Å². The van der Waals surface area contributed by atoms with Crippen LogP contribution in [0.3, 0.4) is 0 Å². The van der Waals surface area contributed by atoms with E-state index in [0.717, 1.165) is 0 Å². The zero-order valence-electron chi connectivity index (χ0n) is 10.9. The lowest BCUT2D eigenvalue weighted by Gasteiger charge is -2.08. The van der Waals surface area contributed by atoms with E-state index in [9.17, 15) is 9.90 Å². The van der Waals surface area contributed by atoms with Crippen molar-refractivity contribution in [2.24, 2.45) is 5.73 Å². The number of nitrogens with two attached hydrogens (primary N) is 1. The number of amides is 1. The number of nitrogens with zero attached hydrogens (tertiary/aromatic N) is 3. The topological polar surface area (TPSA) is 115 Å². The Morgan fingerprint density at radius 1 is 1.55 bits per heavy atom. The second-order valence-electron chi connectivity index (χ2n) is 4.04. The fourth-order valence-electron chi connectivity index (χ4n) is 1.59. The van der Waals surface area contributed by atoms with Gasteiger partial charge in [0.1, 0.15) is 18.0 Å². The molecule has 0 radical (unpaired) electrons. The molecular formula is C12H15N5O3. The standard InChI is InChI=1S/C12H15N5O3/c1-20-9-2-3-10(11(18)4-9)14-12(19)7-17-6-8(5-13)15-16-17/h2-4,6,18H,5,7,13H2,1H3,(H,14,19). The fraction of sp³-hybridized carbons (Fsp3) is 0.250. The number of hydrogen-bond donors (Lipinski definition) is 3. The van der Waals surface area contributed by atoms with E-state index in [0.29, 0.717) is 17.1 Å². The predicted molar refractivity (Wildman–Crippen MR) is 71.2 cm³/mol. The number of anilines is 1. The molecule has 0 bridgehead atoms. The van der Waals surface area contributed by atoms with Crippen molar-refractivity contribution in [1.82, 2.24) is 15.0 Å². The summed E-state index contributed by atoms with van der Waals surface area (Å²) in [5, 5.41) is 19.8. The molecule has 1 heterocycles. The number of aromatic hydroxyl groups is 1. The number of phenols is 1. The van der Waals surface area contributed by atoms with Crippen LogP contribution in [0.1, 0.15) is 5.69 Å². The van der Waals surface area contributed by atoms with E-state index in [-0.39, 0.29) is 24.7 Å². The number of hydrogen-bond acceptors (Lipinski definition) is 6. The Balaban J connectivity index is 2.00. The highest BCUT2D eigenvalue weighted by molar-refractivity contribution is 5.92. The maximum Gasteiger partial charge on any atom is 0.246 e. The summed E-state index contributed by atoms with van der Waals surface area (Å²) in [4.78, 5) is 11.8. The Hall–Kier alpha value is -2.61. The molecule has 106 valence electrons. The molecule has 8 heteroatoms. The molecule has 2 rings (SSSR count). The summed E-state index contributed by atoms with van der Waals surface area (Å²) in [6.45, 7) is 0.249. The number of carbonyl (C=O) groups is 1. The predicted octanol–water partition coefficient (Wildman–Crippen LogP) is 0.0897. The van der Waals surface area contributed by atoms with Crippen molar-refractivity contribution in [2.75, 3.05) is 12.4 Å². The van der Waals surface area contributed by atoms with E-state index in [1.165, 1.54) is 17.9 Å². The quantitative estimate of drug-likeness (QED) is 0.667. The third-order valence-electron chi connectivity index (χ3n) is 2.58. The van der Waals surface area contributed by atoms with Gasteiger partial charge in [0.25, 0.3) is 0 Å². The maximum atomic E-state index is 11.8.